The molecule has 1 aromatic carbocycles. The summed E-state index contributed by atoms with van der Waals surface area (Å²) in [7, 11) is 0. The van der Waals surface area contributed by atoms with Crippen LogP contribution in [0.2, 0.25) is 0 Å². The van der Waals surface area contributed by atoms with Gasteiger partial charge in [0, 0.05) is 25.0 Å². The van der Waals surface area contributed by atoms with E-state index in [4.69, 9.17) is 4.42 Å². The van der Waals surface area contributed by atoms with Crippen molar-refractivity contribution in [1.29, 1.82) is 0 Å². The van der Waals surface area contributed by atoms with Gasteiger partial charge in [0.05, 0.1) is 12.3 Å². The van der Waals surface area contributed by atoms with Gasteiger partial charge in [0.25, 0.3) is 11.8 Å². The van der Waals surface area contributed by atoms with Crippen LogP contribution in [0.3, 0.4) is 0 Å². The van der Waals surface area contributed by atoms with E-state index in [0.29, 0.717) is 24.0 Å². The van der Waals surface area contributed by atoms with Crippen LogP contribution in [0.1, 0.15) is 45.5 Å². The molecule has 158 valence electrons. The first-order chi connectivity index (χ1) is 14.2. The summed E-state index contributed by atoms with van der Waals surface area (Å²) in [6.07, 6.45) is 5.50. The quantitative estimate of drug-likeness (QED) is 0.559. The molecule has 2 amide bonds. The van der Waals surface area contributed by atoms with E-state index in [-0.39, 0.29) is 30.0 Å². The number of carbonyl (C=O) groups excluding carboxylic acids is 2. The molecule has 30 heavy (non-hydrogen) atoms. The Bertz CT molecular complexity index is 963. The molecule has 2 aromatic heterocycles. The summed E-state index contributed by atoms with van der Waals surface area (Å²) in [5.41, 5.74) is 1.99. The van der Waals surface area contributed by atoms with E-state index in [9.17, 15) is 9.59 Å². The Hall–Kier alpha value is -3.10. The first-order valence-electron chi connectivity index (χ1n) is 9.67. The summed E-state index contributed by atoms with van der Waals surface area (Å²) < 4.78 is 6.94. The number of furan rings is 1. The minimum atomic E-state index is -0.306. The minimum Gasteiger partial charge on any atom is -0.459 e. The molecule has 1 saturated heterocycles. The van der Waals surface area contributed by atoms with Gasteiger partial charge in [-0.05, 0) is 55.3 Å². The number of benzene rings is 1. The number of anilines is 1. The van der Waals surface area contributed by atoms with Crippen LogP contribution in [-0.2, 0) is 6.54 Å². The lowest BCUT2D eigenvalue weighted by molar-refractivity contribution is 0.0943. The number of hydrogen-bond donors (Lipinski definition) is 3. The van der Waals surface area contributed by atoms with Gasteiger partial charge in [0.15, 0.2) is 5.76 Å². The van der Waals surface area contributed by atoms with Crippen LogP contribution in [0.5, 0.6) is 0 Å². The van der Waals surface area contributed by atoms with Crippen LogP contribution in [-0.4, -0.2) is 34.7 Å². The molecule has 0 aliphatic carbocycles. The Morgan fingerprint density at radius 3 is 2.70 bits per heavy atom. The van der Waals surface area contributed by atoms with E-state index in [0.717, 1.165) is 31.5 Å². The molecule has 4 rings (SSSR count). The number of carbonyl (C=O) groups is 2. The fourth-order valence-corrected chi connectivity index (χ4v) is 3.30. The second-order valence-electron chi connectivity index (χ2n) is 6.99. The molecule has 1 aliphatic rings. The predicted molar refractivity (Wildman–Crippen MR) is 115 cm³/mol. The third-order valence-corrected chi connectivity index (χ3v) is 4.90. The third kappa shape index (κ3) is 5.28. The maximum Gasteiger partial charge on any atom is 0.291 e. The second kappa shape index (κ2) is 10.1. The van der Waals surface area contributed by atoms with Gasteiger partial charge in [0.1, 0.15) is 5.69 Å². The lowest BCUT2D eigenvalue weighted by Crippen LogP contribution is -2.32. The summed E-state index contributed by atoms with van der Waals surface area (Å²) in [6.45, 7) is 2.30. The van der Waals surface area contributed by atoms with Crippen molar-refractivity contribution in [3.8, 4) is 0 Å². The molecule has 0 radical (unpaired) electrons. The van der Waals surface area contributed by atoms with Gasteiger partial charge in [-0.2, -0.15) is 5.10 Å². The largest absolute Gasteiger partial charge is 0.459 e. The van der Waals surface area contributed by atoms with Crippen molar-refractivity contribution in [2.24, 2.45) is 0 Å². The molecule has 3 aromatic rings. The number of halogens is 1. The zero-order valence-corrected chi connectivity index (χ0v) is 17.2. The van der Waals surface area contributed by atoms with Crippen molar-refractivity contribution >= 4 is 29.9 Å². The molecule has 1 aliphatic heterocycles. The van der Waals surface area contributed by atoms with E-state index in [1.807, 2.05) is 23.0 Å². The molecule has 1 atom stereocenters. The predicted octanol–water partition coefficient (Wildman–Crippen LogP) is 3.00. The van der Waals surface area contributed by atoms with E-state index in [2.05, 4.69) is 21.0 Å². The van der Waals surface area contributed by atoms with Crippen molar-refractivity contribution in [3.63, 3.8) is 0 Å². The summed E-state index contributed by atoms with van der Waals surface area (Å²) >= 11 is 0. The standard InChI is InChI=1S/C21H23N5O3.ClH/c27-20(18-9-11-26(25-18)17-3-1-10-22-14-17)23-13-15-5-7-16(8-6-15)24-21(28)19-4-2-12-29-19;/h2,4-9,11-12,17,22H,1,3,10,13-14H2,(H,23,27)(H,24,28);1H. The Kier molecular flexibility index (Phi) is 7.26. The number of piperidine rings is 1. The van der Waals surface area contributed by atoms with E-state index in [1.54, 1.807) is 30.3 Å². The van der Waals surface area contributed by atoms with Crippen molar-refractivity contribution in [3.05, 3.63) is 71.9 Å². The van der Waals surface area contributed by atoms with Gasteiger partial charge in [-0.25, -0.2) is 0 Å². The van der Waals surface area contributed by atoms with Gasteiger partial charge >= 0.3 is 0 Å². The van der Waals surface area contributed by atoms with Crippen LogP contribution in [0.25, 0.3) is 0 Å². The maximum absolute atomic E-state index is 12.4. The highest BCUT2D eigenvalue weighted by atomic mass is 35.5. The van der Waals surface area contributed by atoms with Crippen LogP contribution < -0.4 is 16.0 Å². The molecule has 0 bridgehead atoms. The van der Waals surface area contributed by atoms with Gasteiger partial charge < -0.3 is 20.4 Å². The van der Waals surface area contributed by atoms with Gasteiger partial charge in [-0.15, -0.1) is 12.4 Å². The molecule has 8 nitrogen and oxygen atoms in total. The molecular weight excluding hydrogens is 406 g/mol. The monoisotopic (exact) mass is 429 g/mol. The van der Waals surface area contributed by atoms with Gasteiger partial charge in [-0.1, -0.05) is 12.1 Å². The third-order valence-electron chi connectivity index (χ3n) is 4.90. The molecule has 3 heterocycles. The number of hydrogen-bond acceptors (Lipinski definition) is 5. The SMILES string of the molecule is Cl.O=C(NCc1ccc(NC(=O)c2ccco2)cc1)c1ccn(C2CCCNC2)n1. The highest BCUT2D eigenvalue weighted by Gasteiger charge is 2.17. The topological polar surface area (TPSA) is 101 Å². The lowest BCUT2D eigenvalue weighted by Gasteiger charge is -2.22. The second-order valence-corrected chi connectivity index (χ2v) is 6.99. The van der Waals surface area contributed by atoms with Crippen molar-refractivity contribution in [2.75, 3.05) is 18.4 Å². The van der Waals surface area contributed by atoms with Crippen LogP contribution in [0, 0.1) is 0 Å². The fourth-order valence-electron chi connectivity index (χ4n) is 3.30. The normalized spacial score (nSPS) is 15.8. The maximum atomic E-state index is 12.4. The molecule has 0 saturated carbocycles. The average Bonchev–Trinajstić information content (AvgIpc) is 3.46. The highest BCUT2D eigenvalue weighted by molar-refractivity contribution is 6.02. The van der Waals surface area contributed by atoms with Gasteiger partial charge in [0.2, 0.25) is 0 Å². The van der Waals surface area contributed by atoms with Crippen molar-refractivity contribution in [1.82, 2.24) is 20.4 Å². The summed E-state index contributed by atoms with van der Waals surface area (Å²) in [5.74, 6) is -0.257. The first kappa shape index (κ1) is 21.6. The molecule has 1 unspecified atom stereocenters. The van der Waals surface area contributed by atoms with E-state index in [1.165, 1.54) is 6.26 Å². The van der Waals surface area contributed by atoms with Crippen molar-refractivity contribution < 1.29 is 14.0 Å². The summed E-state index contributed by atoms with van der Waals surface area (Å²) in [6, 6.07) is 12.6. The number of aromatic nitrogens is 2. The molecular formula is C21H24ClN5O3. The molecule has 1 fully saturated rings. The highest BCUT2D eigenvalue weighted by Crippen LogP contribution is 2.16. The zero-order chi connectivity index (χ0) is 20.1. The summed E-state index contributed by atoms with van der Waals surface area (Å²) in [5, 5.41) is 13.4. The number of rotatable bonds is 6. The average molecular weight is 430 g/mol. The first-order valence-corrected chi connectivity index (χ1v) is 9.67. The Balaban J connectivity index is 0.00000256. The molecule has 0 spiro atoms. The smallest absolute Gasteiger partial charge is 0.291 e. The Labute approximate surface area is 180 Å². The van der Waals surface area contributed by atoms with Crippen LogP contribution >= 0.6 is 12.4 Å². The number of amides is 2. The van der Waals surface area contributed by atoms with Crippen LogP contribution in [0.15, 0.2) is 59.3 Å². The molecule has 3 N–H and O–H groups in total. The Morgan fingerprint density at radius 1 is 1.17 bits per heavy atom. The van der Waals surface area contributed by atoms with Crippen LogP contribution in [0.4, 0.5) is 5.69 Å². The van der Waals surface area contributed by atoms with E-state index < -0.39 is 0 Å². The number of nitrogens with one attached hydrogen (secondary N) is 3. The lowest BCUT2D eigenvalue weighted by atomic mass is 10.1. The van der Waals surface area contributed by atoms with Crippen molar-refractivity contribution in [2.45, 2.75) is 25.4 Å². The minimum absolute atomic E-state index is 0. The Morgan fingerprint density at radius 2 is 2.00 bits per heavy atom. The zero-order valence-electron chi connectivity index (χ0n) is 16.3. The fraction of sp³-hybridized carbons (Fsp3) is 0.286. The molecule has 9 heteroatoms. The summed E-state index contributed by atoms with van der Waals surface area (Å²) in [4.78, 5) is 24.4. The van der Waals surface area contributed by atoms with E-state index >= 15 is 0 Å². The van der Waals surface area contributed by atoms with Gasteiger partial charge in [-0.3, -0.25) is 14.3 Å². The number of nitrogens with zero attached hydrogens (tertiary/aromatic N) is 2.